The Morgan fingerprint density at radius 3 is 2.30 bits per heavy atom. The number of anilines is 1. The van der Waals surface area contributed by atoms with E-state index in [0.29, 0.717) is 23.3 Å². The van der Waals surface area contributed by atoms with E-state index in [2.05, 4.69) is 40.2 Å². The van der Waals surface area contributed by atoms with Crippen LogP contribution in [0.25, 0.3) is 0 Å². The molecule has 4 aliphatic rings. The van der Waals surface area contributed by atoms with Gasteiger partial charge in [-0.1, -0.05) is 24.6 Å². The van der Waals surface area contributed by atoms with Gasteiger partial charge in [-0.25, -0.2) is 17.6 Å². The molecule has 3 aliphatic heterocycles. The van der Waals surface area contributed by atoms with E-state index in [1.807, 2.05) is 37.2 Å². The Balaban J connectivity index is 1.04. The van der Waals surface area contributed by atoms with Crippen LogP contribution in [0.4, 0.5) is 14.9 Å². The number of likely N-dealkylation sites (tertiary alicyclic amines) is 2. The van der Waals surface area contributed by atoms with Crippen molar-refractivity contribution in [3.8, 4) is 0 Å². The van der Waals surface area contributed by atoms with E-state index in [1.165, 1.54) is 19.3 Å². The molecule has 2 amide bonds. The van der Waals surface area contributed by atoms with Gasteiger partial charge in [-0.15, -0.1) is 0 Å². The van der Waals surface area contributed by atoms with Gasteiger partial charge in [-0.3, -0.25) is 4.79 Å². The number of nitrogens with zero attached hydrogens (tertiary/aromatic N) is 5. The third-order valence-corrected chi connectivity index (χ3v) is 14.4. The smallest absolute Gasteiger partial charge is 0.407 e. The summed E-state index contributed by atoms with van der Waals surface area (Å²) < 4.78 is 46.5. The Hall–Kier alpha value is -3.52. The van der Waals surface area contributed by atoms with Gasteiger partial charge in [0.25, 0.3) is 0 Å². The molecule has 2 aromatic carbocycles. The minimum Gasteiger partial charge on any atom is -0.453 e. The van der Waals surface area contributed by atoms with Crippen molar-refractivity contribution in [2.24, 2.45) is 17.8 Å². The molecular formula is C41H59FN6O5S. The first-order chi connectivity index (χ1) is 25.8. The first-order valence-electron chi connectivity index (χ1n) is 19.5. The van der Waals surface area contributed by atoms with Crippen molar-refractivity contribution in [3.05, 3.63) is 72.1 Å². The molecular weight excluding hydrogens is 708 g/mol. The Morgan fingerprint density at radius 2 is 1.67 bits per heavy atom. The van der Waals surface area contributed by atoms with Crippen molar-refractivity contribution in [2.75, 3.05) is 99.1 Å². The third kappa shape index (κ3) is 8.79. The van der Waals surface area contributed by atoms with Crippen LogP contribution in [0.2, 0.25) is 0 Å². The normalized spacial score (nSPS) is 23.1. The number of rotatable bonds is 14. The number of nitrogens with one attached hydrogen (secondary N) is 1. The summed E-state index contributed by atoms with van der Waals surface area (Å²) in [4.78, 5) is 35.7. The molecule has 1 saturated carbocycles. The van der Waals surface area contributed by atoms with Crippen LogP contribution in [0, 0.1) is 23.6 Å². The lowest BCUT2D eigenvalue weighted by Crippen LogP contribution is -2.58. The van der Waals surface area contributed by atoms with Gasteiger partial charge >= 0.3 is 6.09 Å². The molecule has 2 aromatic rings. The Morgan fingerprint density at radius 1 is 0.963 bits per heavy atom. The van der Waals surface area contributed by atoms with Crippen molar-refractivity contribution >= 4 is 27.5 Å². The van der Waals surface area contributed by atoms with Crippen LogP contribution in [-0.2, 0) is 24.8 Å². The van der Waals surface area contributed by atoms with Gasteiger partial charge in [-0.2, -0.15) is 0 Å². The minimum absolute atomic E-state index is 0.0336. The first-order valence-corrected chi connectivity index (χ1v) is 21.0. The van der Waals surface area contributed by atoms with Crippen LogP contribution < -0.4 is 10.2 Å². The monoisotopic (exact) mass is 766 g/mol. The zero-order valence-electron chi connectivity index (χ0n) is 32.6. The SMILES string of the molecule is COC(=O)NC1CCCC1C(CN(C)C)(c1cccc(F)c1)C1CCN(CC2CN(c3ccc(S(=O)(=O)C4CN(C(=O)C=CCN(C)C)C4)cc3)C2)CC1. The largest absolute Gasteiger partial charge is 0.453 e. The van der Waals surface area contributed by atoms with E-state index >= 15 is 0 Å². The van der Waals surface area contributed by atoms with Crippen LogP contribution in [0.15, 0.2) is 65.6 Å². The number of likely N-dealkylation sites (N-methyl/N-ethyl adjacent to an activating group) is 2. The molecule has 3 unspecified atom stereocenters. The highest BCUT2D eigenvalue weighted by molar-refractivity contribution is 7.92. The summed E-state index contributed by atoms with van der Waals surface area (Å²) in [5.74, 6) is 0.630. The van der Waals surface area contributed by atoms with Gasteiger partial charge in [-0.05, 0) is 121 Å². The van der Waals surface area contributed by atoms with Crippen molar-refractivity contribution in [1.82, 2.24) is 24.9 Å². The number of alkyl carbamates (subject to hydrolysis) is 1. The molecule has 6 rings (SSSR count). The predicted molar refractivity (Wildman–Crippen MR) is 210 cm³/mol. The van der Waals surface area contributed by atoms with Crippen LogP contribution in [0.3, 0.4) is 0 Å². The number of hydrogen-bond donors (Lipinski definition) is 1. The lowest BCUT2D eigenvalue weighted by Gasteiger charge is -2.52. The molecule has 13 heteroatoms. The number of hydrogen-bond acceptors (Lipinski definition) is 9. The first kappa shape index (κ1) is 40.2. The molecule has 4 fully saturated rings. The molecule has 296 valence electrons. The van der Waals surface area contributed by atoms with E-state index in [0.717, 1.165) is 82.6 Å². The summed E-state index contributed by atoms with van der Waals surface area (Å²) >= 11 is 0. The summed E-state index contributed by atoms with van der Waals surface area (Å²) in [5, 5.41) is 2.57. The quantitative estimate of drug-likeness (QED) is 0.285. The number of carbonyl (C=O) groups is 2. The number of benzene rings is 2. The molecule has 3 heterocycles. The molecule has 1 N–H and O–H groups in total. The highest BCUT2D eigenvalue weighted by Gasteiger charge is 2.52. The highest BCUT2D eigenvalue weighted by Crippen LogP contribution is 2.51. The standard InChI is InChI=1S/C41H59FN6O5S/c1-44(2)20-8-13-39(49)48-27-36(28-48)54(51,52)35-16-14-34(15-17-35)47-25-30(26-47)24-46-21-18-31(19-22-46)41(29-45(3)4,32-9-6-10-33(42)23-32)37-11-7-12-38(37)43-40(50)53-5/h6,8-10,13-17,23,30-31,36-38H,7,11-12,18-22,24-29H2,1-5H3,(H,43,50). The fourth-order valence-electron chi connectivity index (χ4n) is 9.57. The fourth-order valence-corrected chi connectivity index (χ4v) is 11.2. The van der Waals surface area contributed by atoms with E-state index in [9.17, 15) is 22.4 Å². The predicted octanol–water partition coefficient (Wildman–Crippen LogP) is 4.10. The highest BCUT2D eigenvalue weighted by atomic mass is 32.2. The van der Waals surface area contributed by atoms with Crippen LogP contribution in [-0.4, -0.2) is 146 Å². The summed E-state index contributed by atoms with van der Waals surface area (Å²) in [6.45, 7) is 6.65. The Bertz CT molecular complexity index is 1740. The van der Waals surface area contributed by atoms with E-state index < -0.39 is 21.2 Å². The van der Waals surface area contributed by atoms with Gasteiger partial charge in [0.15, 0.2) is 9.84 Å². The maximum Gasteiger partial charge on any atom is 0.407 e. The van der Waals surface area contributed by atoms with E-state index in [4.69, 9.17) is 4.74 Å². The molecule has 3 saturated heterocycles. The average Bonchev–Trinajstić information content (AvgIpc) is 3.56. The number of carbonyl (C=O) groups excluding carboxylic acids is 2. The summed E-state index contributed by atoms with van der Waals surface area (Å²) in [7, 11) is 5.92. The molecule has 3 atom stereocenters. The zero-order chi connectivity index (χ0) is 38.6. The number of halogens is 1. The number of methoxy groups -OCH3 is 1. The van der Waals surface area contributed by atoms with E-state index in [1.54, 1.807) is 29.2 Å². The van der Waals surface area contributed by atoms with Crippen LogP contribution in [0.1, 0.15) is 37.7 Å². The Labute approximate surface area is 321 Å². The van der Waals surface area contributed by atoms with Gasteiger partial charge < -0.3 is 34.6 Å². The lowest BCUT2D eigenvalue weighted by molar-refractivity contribution is -0.129. The molecule has 0 bridgehead atoms. The topological polar surface area (TPSA) is 106 Å². The second-order valence-electron chi connectivity index (χ2n) is 16.5. The minimum atomic E-state index is -3.52. The zero-order valence-corrected chi connectivity index (χ0v) is 33.4. The molecule has 11 nitrogen and oxygen atoms in total. The van der Waals surface area contributed by atoms with Crippen molar-refractivity contribution in [2.45, 2.75) is 53.7 Å². The van der Waals surface area contributed by atoms with Crippen molar-refractivity contribution < 1.29 is 27.1 Å². The second kappa shape index (κ2) is 17.1. The van der Waals surface area contributed by atoms with Crippen molar-refractivity contribution in [1.29, 1.82) is 0 Å². The van der Waals surface area contributed by atoms with Gasteiger partial charge in [0.2, 0.25) is 5.91 Å². The van der Waals surface area contributed by atoms with Crippen LogP contribution >= 0.6 is 0 Å². The van der Waals surface area contributed by atoms with E-state index in [-0.39, 0.29) is 42.2 Å². The van der Waals surface area contributed by atoms with Gasteiger partial charge in [0.05, 0.1) is 12.0 Å². The number of sulfone groups is 1. The summed E-state index contributed by atoms with van der Waals surface area (Å²) in [5.41, 5.74) is 1.72. The second-order valence-corrected chi connectivity index (χ2v) is 18.7. The number of piperidine rings is 1. The van der Waals surface area contributed by atoms with Gasteiger partial charge in [0, 0.05) is 75.0 Å². The summed E-state index contributed by atoms with van der Waals surface area (Å²) in [6, 6.07) is 14.4. The number of amides is 2. The van der Waals surface area contributed by atoms with Gasteiger partial charge in [0.1, 0.15) is 11.1 Å². The Kier molecular flexibility index (Phi) is 12.7. The molecule has 0 radical (unpaired) electrons. The number of ether oxygens (including phenoxy) is 1. The molecule has 1 aliphatic carbocycles. The van der Waals surface area contributed by atoms with Crippen LogP contribution in [0.5, 0.6) is 0 Å². The summed E-state index contributed by atoms with van der Waals surface area (Å²) in [6.07, 6.45) is 7.77. The maximum atomic E-state index is 14.9. The molecule has 0 spiro atoms. The third-order valence-electron chi connectivity index (χ3n) is 12.3. The fraction of sp³-hybridized carbons (Fsp3) is 0.610. The molecule has 54 heavy (non-hydrogen) atoms. The maximum absolute atomic E-state index is 14.9. The van der Waals surface area contributed by atoms with Crippen molar-refractivity contribution in [3.63, 3.8) is 0 Å². The lowest BCUT2D eigenvalue weighted by atomic mass is 9.58. The average molecular weight is 767 g/mol. The molecule has 0 aromatic heterocycles.